The zero-order valence-corrected chi connectivity index (χ0v) is 13.2. The smallest absolute Gasteiger partial charge is 0.326 e. The van der Waals surface area contributed by atoms with Gasteiger partial charge >= 0.3 is 5.97 Å². The van der Waals surface area contributed by atoms with Crippen molar-refractivity contribution in [2.24, 2.45) is 5.92 Å². The van der Waals surface area contributed by atoms with Gasteiger partial charge in [0.15, 0.2) is 5.78 Å². The lowest BCUT2D eigenvalue weighted by atomic mass is 10.1. The predicted octanol–water partition coefficient (Wildman–Crippen LogP) is 1.31. The van der Waals surface area contributed by atoms with Crippen LogP contribution in [0.5, 0.6) is 0 Å². The maximum absolute atomic E-state index is 12.7. The monoisotopic (exact) mass is 327 g/mol. The van der Waals surface area contributed by atoms with Crippen LogP contribution >= 0.6 is 0 Å². The van der Waals surface area contributed by atoms with Gasteiger partial charge in [0, 0.05) is 29.4 Å². The first-order valence-corrected chi connectivity index (χ1v) is 7.95. The van der Waals surface area contributed by atoms with Gasteiger partial charge in [-0.15, -0.1) is 0 Å². The molecule has 1 saturated heterocycles. The number of nitrogens with zero attached hydrogens (tertiary/aromatic N) is 3. The van der Waals surface area contributed by atoms with Gasteiger partial charge < -0.3 is 14.6 Å². The number of fused-ring (bicyclic) bond motifs is 2. The molecule has 4 rings (SSSR count). The van der Waals surface area contributed by atoms with Crippen molar-refractivity contribution in [3.63, 3.8) is 0 Å². The topological polar surface area (TPSA) is 92.5 Å². The number of carboxylic acid groups (broad SMARTS) is 1. The summed E-state index contributed by atoms with van der Waals surface area (Å²) in [4.78, 5) is 41.5. The number of hydrogen-bond acceptors (Lipinski definition) is 4. The van der Waals surface area contributed by atoms with Crippen molar-refractivity contribution >= 4 is 28.6 Å². The van der Waals surface area contributed by atoms with Crippen LogP contribution < -0.4 is 0 Å². The molecule has 0 spiro atoms. The van der Waals surface area contributed by atoms with E-state index in [1.54, 1.807) is 29.2 Å². The molecule has 3 atom stereocenters. The first-order valence-electron chi connectivity index (χ1n) is 7.95. The molecule has 0 aromatic carbocycles. The summed E-state index contributed by atoms with van der Waals surface area (Å²) >= 11 is 0. The van der Waals surface area contributed by atoms with Crippen LogP contribution in [0.25, 0.3) is 10.9 Å². The Labute approximate surface area is 137 Å². The Balaban J connectivity index is 1.66. The summed E-state index contributed by atoms with van der Waals surface area (Å²) in [5, 5.41) is 10.1. The van der Waals surface area contributed by atoms with Gasteiger partial charge in [0.25, 0.3) is 0 Å². The van der Waals surface area contributed by atoms with E-state index in [1.165, 1.54) is 11.8 Å². The van der Waals surface area contributed by atoms with E-state index >= 15 is 0 Å². The second-order valence-electron chi connectivity index (χ2n) is 6.57. The third-order valence-corrected chi connectivity index (χ3v) is 5.05. The fraction of sp³-hybridized carbons (Fsp3) is 0.412. The molecule has 1 aliphatic heterocycles. The third kappa shape index (κ3) is 2.19. The summed E-state index contributed by atoms with van der Waals surface area (Å²) in [6, 6.07) is 1.08. The summed E-state index contributed by atoms with van der Waals surface area (Å²) in [7, 11) is 0. The van der Waals surface area contributed by atoms with Crippen LogP contribution in [0, 0.1) is 5.92 Å². The number of carbonyl (C=O) groups excluding carboxylic acids is 2. The quantitative estimate of drug-likeness (QED) is 0.855. The molecular weight excluding hydrogens is 310 g/mol. The number of aromatic nitrogens is 2. The second-order valence-corrected chi connectivity index (χ2v) is 6.57. The molecule has 0 unspecified atom stereocenters. The van der Waals surface area contributed by atoms with Gasteiger partial charge in [0.1, 0.15) is 12.6 Å². The number of hydrogen-bond donors (Lipinski definition) is 1. The zero-order chi connectivity index (χ0) is 17.0. The van der Waals surface area contributed by atoms with Crippen LogP contribution in [-0.2, 0) is 16.1 Å². The lowest BCUT2D eigenvalue weighted by molar-refractivity contribution is -0.149. The molecule has 0 bridgehead atoms. The average molecular weight is 327 g/mol. The Hall–Kier alpha value is -2.70. The van der Waals surface area contributed by atoms with Crippen molar-refractivity contribution in [2.75, 3.05) is 0 Å². The highest BCUT2D eigenvalue weighted by molar-refractivity contribution is 6.07. The minimum atomic E-state index is -0.945. The first-order chi connectivity index (χ1) is 11.5. The first kappa shape index (κ1) is 14.9. The SMILES string of the molecule is CC(=O)c1cn(CC(=O)N2[C@@H]3C[C@@H]3C[C@H]2C(=O)O)c2cnccc12. The number of pyridine rings is 1. The number of carboxylic acids is 1. The van der Waals surface area contributed by atoms with Crippen LogP contribution in [-0.4, -0.2) is 49.3 Å². The van der Waals surface area contributed by atoms with E-state index in [0.29, 0.717) is 23.4 Å². The van der Waals surface area contributed by atoms with Gasteiger partial charge in [-0.25, -0.2) is 4.79 Å². The fourth-order valence-electron chi connectivity index (χ4n) is 3.81. The number of ketones is 1. The number of rotatable bonds is 4. The van der Waals surface area contributed by atoms with E-state index in [4.69, 9.17) is 0 Å². The standard InChI is InChI=1S/C17H17N3O4/c1-9(21)12-7-19(15-6-18-3-2-11(12)15)8-16(22)20-13-4-10(13)5-14(20)17(23)24/h2-3,6-7,10,13-14H,4-5,8H2,1H3,(H,23,24)/t10-,13-,14+/m1/s1. The van der Waals surface area contributed by atoms with Crippen LogP contribution in [0.4, 0.5) is 0 Å². The lowest BCUT2D eigenvalue weighted by Crippen LogP contribution is -2.44. The molecule has 2 aromatic rings. The van der Waals surface area contributed by atoms with E-state index in [1.807, 2.05) is 0 Å². The van der Waals surface area contributed by atoms with Crippen LogP contribution in [0.2, 0.25) is 0 Å². The van der Waals surface area contributed by atoms with E-state index in [9.17, 15) is 19.5 Å². The van der Waals surface area contributed by atoms with Crippen LogP contribution in [0.1, 0.15) is 30.1 Å². The van der Waals surface area contributed by atoms with Gasteiger partial charge in [-0.2, -0.15) is 0 Å². The lowest BCUT2D eigenvalue weighted by Gasteiger charge is -2.24. The van der Waals surface area contributed by atoms with E-state index in [-0.39, 0.29) is 24.3 Å². The third-order valence-electron chi connectivity index (χ3n) is 5.05. The predicted molar refractivity (Wildman–Crippen MR) is 84.5 cm³/mol. The van der Waals surface area contributed by atoms with E-state index < -0.39 is 12.0 Å². The van der Waals surface area contributed by atoms with Crippen LogP contribution in [0.15, 0.2) is 24.7 Å². The van der Waals surface area contributed by atoms with Crippen LogP contribution in [0.3, 0.4) is 0 Å². The molecule has 124 valence electrons. The normalized spacial score (nSPS) is 24.9. The summed E-state index contributed by atoms with van der Waals surface area (Å²) in [6.45, 7) is 1.50. The Morgan fingerprint density at radius 1 is 1.33 bits per heavy atom. The van der Waals surface area contributed by atoms with Gasteiger partial charge in [-0.05, 0) is 31.7 Å². The minimum Gasteiger partial charge on any atom is -0.480 e. The van der Waals surface area contributed by atoms with Crippen molar-refractivity contribution in [3.8, 4) is 0 Å². The summed E-state index contributed by atoms with van der Waals surface area (Å²) in [6.07, 6.45) is 6.31. The Bertz CT molecular complexity index is 872. The van der Waals surface area contributed by atoms with Crippen molar-refractivity contribution in [3.05, 3.63) is 30.2 Å². The molecule has 2 aliphatic rings. The highest BCUT2D eigenvalue weighted by Crippen LogP contribution is 2.48. The highest BCUT2D eigenvalue weighted by atomic mass is 16.4. The Morgan fingerprint density at radius 3 is 2.83 bits per heavy atom. The maximum Gasteiger partial charge on any atom is 0.326 e. The molecule has 0 radical (unpaired) electrons. The van der Waals surface area contributed by atoms with E-state index in [2.05, 4.69) is 4.98 Å². The number of Topliss-reactive ketones (excluding diaryl/α,β-unsaturated/α-hetero) is 1. The molecule has 24 heavy (non-hydrogen) atoms. The number of aliphatic carboxylic acids is 1. The highest BCUT2D eigenvalue weighted by Gasteiger charge is 2.56. The molecule has 2 aromatic heterocycles. The second kappa shape index (κ2) is 5.15. The summed E-state index contributed by atoms with van der Waals surface area (Å²) in [5.41, 5.74) is 1.25. The fourth-order valence-corrected chi connectivity index (χ4v) is 3.81. The molecule has 1 saturated carbocycles. The zero-order valence-electron chi connectivity index (χ0n) is 13.2. The van der Waals surface area contributed by atoms with Gasteiger partial charge in [-0.1, -0.05) is 0 Å². The number of carbonyl (C=O) groups is 3. The number of amides is 1. The maximum atomic E-state index is 12.7. The van der Waals surface area contributed by atoms with Crippen molar-refractivity contribution in [1.82, 2.24) is 14.5 Å². The van der Waals surface area contributed by atoms with Gasteiger partial charge in [0.2, 0.25) is 5.91 Å². The molecule has 1 N–H and O–H groups in total. The molecule has 1 amide bonds. The van der Waals surface area contributed by atoms with Crippen molar-refractivity contribution in [1.29, 1.82) is 0 Å². The summed E-state index contributed by atoms with van der Waals surface area (Å²) in [5.74, 6) is -0.919. The number of likely N-dealkylation sites (tertiary alicyclic amines) is 1. The molecule has 3 heterocycles. The van der Waals surface area contributed by atoms with Gasteiger partial charge in [-0.3, -0.25) is 14.6 Å². The Kier molecular flexibility index (Phi) is 3.19. The molecule has 7 heteroatoms. The molecule has 2 fully saturated rings. The molecular formula is C17H17N3O4. The minimum absolute atomic E-state index is 0.0163. The van der Waals surface area contributed by atoms with Gasteiger partial charge in [0.05, 0.1) is 11.7 Å². The molecule has 7 nitrogen and oxygen atoms in total. The van der Waals surface area contributed by atoms with E-state index in [0.717, 1.165) is 11.8 Å². The van der Waals surface area contributed by atoms with Crippen molar-refractivity contribution in [2.45, 2.75) is 38.4 Å². The summed E-state index contributed by atoms with van der Waals surface area (Å²) < 4.78 is 1.69. The van der Waals surface area contributed by atoms with Crippen molar-refractivity contribution < 1.29 is 19.5 Å². The number of piperidine rings is 1. The largest absolute Gasteiger partial charge is 0.480 e. The molecule has 1 aliphatic carbocycles. The average Bonchev–Trinajstić information content (AvgIpc) is 3.04. The Morgan fingerprint density at radius 2 is 2.12 bits per heavy atom.